The molecule has 0 saturated carbocycles. The van der Waals surface area contributed by atoms with E-state index in [0.717, 1.165) is 33.4 Å². The zero-order valence-electron chi connectivity index (χ0n) is 21.7. The number of aromatic hydroxyl groups is 1. The van der Waals surface area contributed by atoms with Crippen molar-refractivity contribution in [1.82, 2.24) is 5.32 Å². The Kier molecular flexibility index (Phi) is 7.48. The minimum absolute atomic E-state index is 0.109. The summed E-state index contributed by atoms with van der Waals surface area (Å²) in [4.78, 5) is -0.274. The molecule has 40 heavy (non-hydrogen) atoms. The van der Waals surface area contributed by atoms with Crippen molar-refractivity contribution in [3.8, 4) is 39.1 Å². The Morgan fingerprint density at radius 1 is 0.900 bits per heavy atom. The van der Waals surface area contributed by atoms with E-state index in [1.165, 1.54) is 6.07 Å². The van der Waals surface area contributed by atoms with Crippen molar-refractivity contribution >= 4 is 10.1 Å². The van der Waals surface area contributed by atoms with Gasteiger partial charge in [-0.05, 0) is 84.3 Å². The van der Waals surface area contributed by atoms with Crippen LogP contribution < -0.4 is 5.32 Å². The highest BCUT2D eigenvalue weighted by atomic mass is 32.2. The van der Waals surface area contributed by atoms with Crippen LogP contribution in [0, 0.1) is 6.92 Å². The van der Waals surface area contributed by atoms with Gasteiger partial charge in [-0.15, -0.1) is 0 Å². The zero-order valence-corrected chi connectivity index (χ0v) is 22.5. The van der Waals surface area contributed by atoms with Gasteiger partial charge in [-0.3, -0.25) is 4.55 Å². The summed E-state index contributed by atoms with van der Waals surface area (Å²) in [6.07, 6.45) is -2.75. The SMILES string of the molecule is Cc1ccc(O)c(-c2cc3c(c(-c4ccc(CCCNCC(F)(F)F)cc4)c2S(=O)(=O)O)Cc2ccccc2-3)c1. The van der Waals surface area contributed by atoms with Crippen molar-refractivity contribution < 1.29 is 31.2 Å². The van der Waals surface area contributed by atoms with Crippen LogP contribution >= 0.6 is 0 Å². The fourth-order valence-electron chi connectivity index (χ4n) is 5.38. The largest absolute Gasteiger partial charge is 0.507 e. The van der Waals surface area contributed by atoms with Crippen molar-refractivity contribution in [1.29, 1.82) is 0 Å². The highest BCUT2D eigenvalue weighted by Gasteiger charge is 2.32. The van der Waals surface area contributed by atoms with Crippen LogP contribution in [-0.4, -0.2) is 37.3 Å². The van der Waals surface area contributed by atoms with E-state index >= 15 is 0 Å². The first-order valence-corrected chi connectivity index (χ1v) is 14.3. The van der Waals surface area contributed by atoms with Gasteiger partial charge in [-0.25, -0.2) is 0 Å². The zero-order chi connectivity index (χ0) is 28.7. The number of halogens is 3. The Morgan fingerprint density at radius 2 is 1.62 bits per heavy atom. The van der Waals surface area contributed by atoms with Crippen LogP contribution in [0.3, 0.4) is 0 Å². The van der Waals surface area contributed by atoms with Crippen LogP contribution in [0.15, 0.2) is 77.7 Å². The second-order valence-corrected chi connectivity index (χ2v) is 11.4. The molecule has 3 N–H and O–H groups in total. The van der Waals surface area contributed by atoms with Gasteiger partial charge in [-0.2, -0.15) is 21.6 Å². The number of hydrogen-bond acceptors (Lipinski definition) is 4. The third kappa shape index (κ3) is 5.77. The summed E-state index contributed by atoms with van der Waals surface area (Å²) in [5.41, 5.74) is 6.70. The maximum atomic E-state index is 13.0. The number of nitrogens with one attached hydrogen (secondary N) is 1. The van der Waals surface area contributed by atoms with Crippen LogP contribution in [0.1, 0.15) is 28.7 Å². The average molecular weight is 568 g/mol. The lowest BCUT2D eigenvalue weighted by Gasteiger charge is -2.19. The molecular weight excluding hydrogens is 539 g/mol. The summed E-state index contributed by atoms with van der Waals surface area (Å²) < 4.78 is 73.7. The summed E-state index contributed by atoms with van der Waals surface area (Å²) in [6, 6.07) is 21.6. The Balaban J connectivity index is 1.62. The molecule has 0 fully saturated rings. The molecule has 0 bridgehead atoms. The molecule has 5 rings (SSSR count). The maximum Gasteiger partial charge on any atom is 0.401 e. The van der Waals surface area contributed by atoms with Gasteiger partial charge in [0.15, 0.2) is 0 Å². The van der Waals surface area contributed by atoms with Gasteiger partial charge in [0, 0.05) is 16.7 Å². The minimum atomic E-state index is -4.75. The number of phenols is 1. The molecule has 0 amide bonds. The van der Waals surface area contributed by atoms with E-state index in [4.69, 9.17) is 0 Å². The summed E-state index contributed by atoms with van der Waals surface area (Å²) in [5, 5.41) is 13.1. The Morgan fingerprint density at radius 3 is 2.33 bits per heavy atom. The predicted molar refractivity (Wildman–Crippen MR) is 149 cm³/mol. The monoisotopic (exact) mass is 567 g/mol. The molecular formula is C31H28F3NO4S. The van der Waals surface area contributed by atoms with E-state index in [1.807, 2.05) is 43.3 Å². The molecule has 0 radical (unpaired) electrons. The molecule has 0 unspecified atom stereocenters. The summed E-state index contributed by atoms with van der Waals surface area (Å²) in [7, 11) is -4.75. The van der Waals surface area contributed by atoms with Crippen LogP contribution in [0.2, 0.25) is 0 Å². The number of phenolic OH excluding ortho intramolecular Hbond substituents is 1. The third-order valence-corrected chi connectivity index (χ3v) is 8.09. The summed E-state index contributed by atoms with van der Waals surface area (Å²) in [5.74, 6) is -0.109. The molecule has 5 nitrogen and oxygen atoms in total. The van der Waals surface area contributed by atoms with Crippen LogP contribution in [0.4, 0.5) is 13.2 Å². The number of benzene rings is 4. The number of aryl methyl sites for hydroxylation is 2. The fraction of sp³-hybridized carbons (Fsp3) is 0.226. The number of hydrogen-bond donors (Lipinski definition) is 3. The van der Waals surface area contributed by atoms with E-state index in [1.54, 1.807) is 30.3 Å². The summed E-state index contributed by atoms with van der Waals surface area (Å²) >= 11 is 0. The predicted octanol–water partition coefficient (Wildman–Crippen LogP) is 6.94. The number of alkyl halides is 3. The van der Waals surface area contributed by atoms with Gasteiger partial charge in [0.2, 0.25) is 0 Å². The number of rotatable bonds is 8. The molecule has 0 aromatic heterocycles. The molecule has 0 heterocycles. The van der Waals surface area contributed by atoms with E-state index in [-0.39, 0.29) is 22.8 Å². The third-order valence-electron chi connectivity index (χ3n) is 7.15. The molecule has 208 valence electrons. The van der Waals surface area contributed by atoms with Crippen LogP contribution in [-0.2, 0) is 23.0 Å². The molecule has 1 aliphatic carbocycles. The van der Waals surface area contributed by atoms with Crippen LogP contribution in [0.5, 0.6) is 5.75 Å². The van der Waals surface area contributed by atoms with E-state index in [2.05, 4.69) is 5.32 Å². The molecule has 0 saturated heterocycles. The van der Waals surface area contributed by atoms with Crippen LogP contribution in [0.25, 0.3) is 33.4 Å². The Hall–Kier alpha value is -3.66. The molecule has 1 aliphatic rings. The van der Waals surface area contributed by atoms with Gasteiger partial charge in [0.05, 0.1) is 6.54 Å². The molecule has 4 aromatic carbocycles. The second kappa shape index (κ2) is 10.7. The van der Waals surface area contributed by atoms with Gasteiger partial charge in [0.25, 0.3) is 10.1 Å². The van der Waals surface area contributed by atoms with Crippen molar-refractivity contribution in [2.24, 2.45) is 0 Å². The van der Waals surface area contributed by atoms with Gasteiger partial charge >= 0.3 is 6.18 Å². The normalized spacial score (nSPS) is 12.8. The van der Waals surface area contributed by atoms with Gasteiger partial charge in [0.1, 0.15) is 10.6 Å². The highest BCUT2D eigenvalue weighted by Crippen LogP contribution is 2.49. The average Bonchev–Trinajstić information content (AvgIpc) is 3.26. The Labute approximate surface area is 231 Å². The quantitative estimate of drug-likeness (QED) is 0.140. The fourth-order valence-corrected chi connectivity index (χ4v) is 6.33. The van der Waals surface area contributed by atoms with Gasteiger partial charge in [-0.1, -0.05) is 60.2 Å². The first-order chi connectivity index (χ1) is 18.9. The lowest BCUT2D eigenvalue weighted by molar-refractivity contribution is -0.124. The van der Waals surface area contributed by atoms with E-state index in [0.29, 0.717) is 36.0 Å². The molecule has 0 aliphatic heterocycles. The lowest BCUT2D eigenvalue weighted by Crippen LogP contribution is -2.29. The smallest absolute Gasteiger partial charge is 0.401 e. The van der Waals surface area contributed by atoms with Crippen molar-refractivity contribution in [2.75, 3.05) is 13.1 Å². The molecule has 9 heteroatoms. The standard InChI is InChI=1S/C31H28F3NO4S/c1-19-8-13-28(36)25(15-19)27-17-24-23-7-3-2-6-22(23)16-26(24)29(30(27)40(37,38)39)21-11-9-20(10-12-21)5-4-14-35-18-31(32,33)34/h2-3,6-13,15,17,35-36H,4-5,14,16,18H2,1H3,(H,37,38,39). The van der Waals surface area contributed by atoms with Gasteiger partial charge < -0.3 is 10.4 Å². The minimum Gasteiger partial charge on any atom is -0.507 e. The first kappa shape index (κ1) is 27.9. The molecule has 0 spiro atoms. The van der Waals surface area contributed by atoms with Crippen molar-refractivity contribution in [3.05, 3.63) is 95.1 Å². The van der Waals surface area contributed by atoms with E-state index < -0.39 is 22.8 Å². The summed E-state index contributed by atoms with van der Waals surface area (Å²) in [6.45, 7) is 1.00. The van der Waals surface area contributed by atoms with E-state index in [9.17, 15) is 31.2 Å². The first-order valence-electron chi connectivity index (χ1n) is 12.8. The van der Waals surface area contributed by atoms with Crippen molar-refractivity contribution in [3.63, 3.8) is 0 Å². The molecule has 4 aromatic rings. The molecule has 0 atom stereocenters. The lowest BCUT2D eigenvalue weighted by atomic mass is 9.89. The highest BCUT2D eigenvalue weighted by molar-refractivity contribution is 7.86. The topological polar surface area (TPSA) is 86.6 Å². The van der Waals surface area contributed by atoms with Crippen molar-refractivity contribution in [2.45, 2.75) is 37.3 Å². The second-order valence-electron chi connectivity index (χ2n) is 10.1. The maximum absolute atomic E-state index is 13.0. The Bertz CT molecular complexity index is 1680. The number of fused-ring (bicyclic) bond motifs is 3.